The first-order chi connectivity index (χ1) is 10.8. The average Bonchev–Trinajstić information content (AvgIpc) is 2.77. The molecule has 1 saturated heterocycles. The van der Waals surface area contributed by atoms with Crippen LogP contribution in [0.2, 0.25) is 0 Å². The minimum absolute atomic E-state index is 0.132. The first kappa shape index (κ1) is 15.6. The van der Waals surface area contributed by atoms with Crippen molar-refractivity contribution >= 4 is 5.97 Å². The molecule has 5 nitrogen and oxygen atoms in total. The topological polar surface area (TPSA) is 76.0 Å². The number of hydrogen-bond donors (Lipinski definition) is 2. The molecule has 4 aliphatic rings. The van der Waals surface area contributed by atoms with Gasteiger partial charge in [0.15, 0.2) is 0 Å². The third-order valence-corrected chi connectivity index (χ3v) is 7.34. The van der Waals surface area contributed by atoms with Crippen LogP contribution in [0, 0.1) is 11.3 Å². The molecule has 5 heteroatoms. The number of ether oxygens (including phenoxy) is 2. The number of carbonyl (C=O) groups excluding carboxylic acids is 1. The van der Waals surface area contributed by atoms with Gasteiger partial charge in [0.1, 0.15) is 11.2 Å². The van der Waals surface area contributed by atoms with Crippen LogP contribution in [0.15, 0.2) is 11.1 Å². The second-order valence-electron chi connectivity index (χ2n) is 8.25. The molecule has 128 valence electrons. The molecule has 2 aliphatic heterocycles. The average molecular weight is 322 g/mol. The summed E-state index contributed by atoms with van der Waals surface area (Å²) in [5.41, 5.74) is 0.0942. The molecule has 2 N–H and O–H groups in total. The van der Waals surface area contributed by atoms with Crippen LogP contribution in [0.3, 0.4) is 0 Å². The third kappa shape index (κ3) is 1.71. The van der Waals surface area contributed by atoms with Crippen LogP contribution in [0.4, 0.5) is 0 Å². The van der Waals surface area contributed by atoms with Crippen molar-refractivity contribution in [3.8, 4) is 0 Å². The minimum Gasteiger partial charge on any atom is -0.455 e. The Balaban J connectivity index is 1.95. The molecule has 0 aromatic carbocycles. The minimum atomic E-state index is -0.969. The van der Waals surface area contributed by atoms with Gasteiger partial charge in [0.2, 0.25) is 0 Å². The fraction of sp³-hybridized carbons (Fsp3) is 0.833. The van der Waals surface area contributed by atoms with E-state index in [1.54, 1.807) is 0 Å². The van der Waals surface area contributed by atoms with Crippen LogP contribution in [0.1, 0.15) is 52.9 Å². The second-order valence-corrected chi connectivity index (χ2v) is 8.25. The van der Waals surface area contributed by atoms with Gasteiger partial charge in [-0.3, -0.25) is 4.79 Å². The zero-order chi connectivity index (χ0) is 16.6. The van der Waals surface area contributed by atoms with Crippen LogP contribution in [-0.2, 0) is 14.3 Å². The first-order valence-electron chi connectivity index (χ1n) is 8.67. The van der Waals surface area contributed by atoms with E-state index in [9.17, 15) is 15.0 Å². The molecule has 6 atom stereocenters. The summed E-state index contributed by atoms with van der Waals surface area (Å²) in [6.07, 6.45) is 1.74. The number of carbonyl (C=O) groups is 1. The van der Waals surface area contributed by atoms with Crippen molar-refractivity contribution in [2.24, 2.45) is 11.3 Å². The number of rotatable bonds is 1. The van der Waals surface area contributed by atoms with Gasteiger partial charge in [-0.1, -0.05) is 13.8 Å². The monoisotopic (exact) mass is 322 g/mol. The van der Waals surface area contributed by atoms with Crippen molar-refractivity contribution in [1.82, 2.24) is 0 Å². The van der Waals surface area contributed by atoms with Crippen molar-refractivity contribution in [1.29, 1.82) is 0 Å². The molecule has 0 amide bonds. The Morgan fingerprint density at radius 3 is 2.78 bits per heavy atom. The Morgan fingerprint density at radius 1 is 1.35 bits per heavy atom. The van der Waals surface area contributed by atoms with Gasteiger partial charge in [0.05, 0.1) is 25.2 Å². The summed E-state index contributed by atoms with van der Waals surface area (Å²) in [7, 11) is 0. The largest absolute Gasteiger partial charge is 0.455 e. The predicted octanol–water partition coefficient (Wildman–Crippen LogP) is 1.71. The van der Waals surface area contributed by atoms with Crippen LogP contribution in [-0.4, -0.2) is 46.2 Å². The fourth-order valence-electron chi connectivity index (χ4n) is 5.63. The fourth-order valence-corrected chi connectivity index (χ4v) is 5.63. The van der Waals surface area contributed by atoms with E-state index in [0.717, 1.165) is 17.6 Å². The lowest BCUT2D eigenvalue weighted by Gasteiger charge is -2.62. The maximum Gasteiger partial charge on any atom is 0.309 e. The Labute approximate surface area is 136 Å². The lowest BCUT2D eigenvalue weighted by atomic mass is 9.48. The Morgan fingerprint density at radius 2 is 2.09 bits per heavy atom. The molecule has 3 fully saturated rings. The van der Waals surface area contributed by atoms with Gasteiger partial charge in [-0.15, -0.1) is 0 Å². The molecule has 0 unspecified atom stereocenters. The SMILES string of the molecule is CC1=C2C[C@]3(C)[C@@H](C)CC[C@@H](O)[C@@]34C[C@@]2(CO)O[C@@H]1CC(=O)O4. The van der Waals surface area contributed by atoms with Crippen LogP contribution < -0.4 is 0 Å². The summed E-state index contributed by atoms with van der Waals surface area (Å²) in [5, 5.41) is 21.0. The lowest BCUT2D eigenvalue weighted by Crippen LogP contribution is -2.70. The summed E-state index contributed by atoms with van der Waals surface area (Å²) < 4.78 is 12.2. The molecular weight excluding hydrogens is 296 g/mol. The van der Waals surface area contributed by atoms with Crippen LogP contribution in [0.25, 0.3) is 0 Å². The molecular formula is C18H26O5. The van der Waals surface area contributed by atoms with Crippen molar-refractivity contribution in [2.45, 2.75) is 76.3 Å². The summed E-state index contributed by atoms with van der Waals surface area (Å²) in [4.78, 5) is 12.5. The summed E-state index contributed by atoms with van der Waals surface area (Å²) in [6, 6.07) is 0. The Bertz CT molecular complexity index is 598. The molecule has 1 spiro atoms. The number of hydrogen-bond acceptors (Lipinski definition) is 5. The Hall–Kier alpha value is -0.910. The highest BCUT2D eigenvalue weighted by Crippen LogP contribution is 2.64. The number of aliphatic hydroxyl groups excluding tert-OH is 2. The first-order valence-corrected chi connectivity index (χ1v) is 8.67. The highest BCUT2D eigenvalue weighted by Gasteiger charge is 2.70. The van der Waals surface area contributed by atoms with Gasteiger partial charge < -0.3 is 19.7 Å². The van der Waals surface area contributed by atoms with Crippen LogP contribution >= 0.6 is 0 Å². The molecule has 2 aliphatic carbocycles. The summed E-state index contributed by atoms with van der Waals surface area (Å²) in [5.74, 6) is 0.0243. The van der Waals surface area contributed by atoms with E-state index in [0.29, 0.717) is 25.2 Å². The molecule has 4 rings (SSSR count). The van der Waals surface area contributed by atoms with E-state index in [2.05, 4.69) is 13.8 Å². The Kier molecular flexibility index (Phi) is 3.11. The van der Waals surface area contributed by atoms with Gasteiger partial charge in [0.25, 0.3) is 0 Å². The number of esters is 1. The van der Waals surface area contributed by atoms with E-state index in [-0.39, 0.29) is 30.5 Å². The van der Waals surface area contributed by atoms with Crippen molar-refractivity contribution in [2.75, 3.05) is 6.61 Å². The highest BCUT2D eigenvalue weighted by molar-refractivity contribution is 5.72. The van der Waals surface area contributed by atoms with Gasteiger partial charge in [0, 0.05) is 11.8 Å². The second kappa shape index (κ2) is 4.58. The quantitative estimate of drug-likeness (QED) is 0.568. The van der Waals surface area contributed by atoms with Gasteiger partial charge in [-0.25, -0.2) is 0 Å². The van der Waals surface area contributed by atoms with Crippen LogP contribution in [0.5, 0.6) is 0 Å². The molecule has 3 bridgehead atoms. The third-order valence-electron chi connectivity index (χ3n) is 7.34. The molecule has 0 radical (unpaired) electrons. The number of aliphatic hydroxyl groups is 2. The van der Waals surface area contributed by atoms with Gasteiger partial charge >= 0.3 is 5.97 Å². The van der Waals surface area contributed by atoms with E-state index >= 15 is 0 Å². The summed E-state index contributed by atoms with van der Waals surface area (Å²) >= 11 is 0. The molecule has 2 heterocycles. The zero-order valence-corrected chi connectivity index (χ0v) is 14.1. The van der Waals surface area contributed by atoms with E-state index in [4.69, 9.17) is 9.47 Å². The normalized spacial score (nSPS) is 52.0. The zero-order valence-electron chi connectivity index (χ0n) is 14.1. The van der Waals surface area contributed by atoms with E-state index in [1.807, 2.05) is 6.92 Å². The van der Waals surface area contributed by atoms with Gasteiger partial charge in [-0.05, 0) is 43.3 Å². The van der Waals surface area contributed by atoms with Gasteiger partial charge in [-0.2, -0.15) is 0 Å². The molecule has 0 aromatic rings. The van der Waals surface area contributed by atoms with Crippen molar-refractivity contribution in [3.63, 3.8) is 0 Å². The smallest absolute Gasteiger partial charge is 0.309 e. The predicted molar refractivity (Wildman–Crippen MR) is 82.6 cm³/mol. The molecule has 23 heavy (non-hydrogen) atoms. The van der Waals surface area contributed by atoms with E-state index < -0.39 is 17.3 Å². The maximum absolute atomic E-state index is 12.5. The molecule has 0 aromatic heterocycles. The van der Waals surface area contributed by atoms with Crippen molar-refractivity contribution in [3.05, 3.63) is 11.1 Å². The summed E-state index contributed by atoms with van der Waals surface area (Å²) in [6.45, 7) is 6.19. The lowest BCUT2D eigenvalue weighted by molar-refractivity contribution is -0.268. The van der Waals surface area contributed by atoms with Crippen molar-refractivity contribution < 1.29 is 24.5 Å². The standard InChI is InChI=1S/C18H26O5/c1-10-4-5-14(20)18-8-17(9-19)12(7-16(10,18)3)11(2)13(22-17)6-15(21)23-18/h10,13-14,19-20H,4-9H2,1-3H3/t10-,13+,14+,16+,17-,18-/m0/s1. The van der Waals surface area contributed by atoms with E-state index in [1.165, 1.54) is 0 Å². The molecule has 2 saturated carbocycles. The maximum atomic E-state index is 12.5. The number of fused-ring (bicyclic) bond motifs is 1. The highest BCUT2D eigenvalue weighted by atomic mass is 16.6.